The molecule has 1 aromatic carbocycles. The SMILES string of the molecule is O=c1[nH]cccc1OCc1ccc(Cl)c(Cl)c1. The molecule has 2 aromatic rings. The van der Waals surface area contributed by atoms with E-state index in [-0.39, 0.29) is 17.9 Å². The number of H-pyrrole nitrogens is 1. The number of hydrogen-bond donors (Lipinski definition) is 1. The largest absolute Gasteiger partial charge is 0.483 e. The van der Waals surface area contributed by atoms with Crippen molar-refractivity contribution in [1.82, 2.24) is 4.98 Å². The van der Waals surface area contributed by atoms with Crippen LogP contribution < -0.4 is 10.3 Å². The third-order valence-corrected chi connectivity index (χ3v) is 2.90. The fourth-order valence-corrected chi connectivity index (χ4v) is 1.63. The van der Waals surface area contributed by atoms with Crippen molar-refractivity contribution in [1.29, 1.82) is 0 Å². The minimum Gasteiger partial charge on any atom is -0.483 e. The molecule has 17 heavy (non-hydrogen) atoms. The van der Waals surface area contributed by atoms with E-state index in [1.807, 2.05) is 0 Å². The molecule has 0 amide bonds. The fourth-order valence-electron chi connectivity index (χ4n) is 1.31. The monoisotopic (exact) mass is 269 g/mol. The highest BCUT2D eigenvalue weighted by Crippen LogP contribution is 2.22. The Hall–Kier alpha value is -1.45. The van der Waals surface area contributed by atoms with Crippen LogP contribution in [0.2, 0.25) is 10.0 Å². The maximum atomic E-state index is 11.3. The van der Waals surface area contributed by atoms with E-state index in [9.17, 15) is 4.79 Å². The van der Waals surface area contributed by atoms with Crippen molar-refractivity contribution >= 4 is 23.2 Å². The number of hydrogen-bond acceptors (Lipinski definition) is 2. The second kappa shape index (κ2) is 5.25. The van der Waals surface area contributed by atoms with E-state index in [1.165, 1.54) is 0 Å². The van der Waals surface area contributed by atoms with Crippen LogP contribution in [0.4, 0.5) is 0 Å². The van der Waals surface area contributed by atoms with Gasteiger partial charge in [0.05, 0.1) is 10.0 Å². The van der Waals surface area contributed by atoms with E-state index >= 15 is 0 Å². The van der Waals surface area contributed by atoms with E-state index in [4.69, 9.17) is 27.9 Å². The van der Waals surface area contributed by atoms with E-state index in [1.54, 1.807) is 36.5 Å². The maximum Gasteiger partial charge on any atom is 0.290 e. The van der Waals surface area contributed by atoms with Crippen LogP contribution in [0.1, 0.15) is 5.56 Å². The molecule has 0 spiro atoms. The Bertz CT molecular complexity index is 581. The van der Waals surface area contributed by atoms with Gasteiger partial charge in [0.25, 0.3) is 5.56 Å². The second-order valence-corrected chi connectivity index (χ2v) is 4.22. The molecule has 1 heterocycles. The zero-order valence-corrected chi connectivity index (χ0v) is 10.3. The first-order valence-corrected chi connectivity index (χ1v) is 5.67. The lowest BCUT2D eigenvalue weighted by atomic mass is 10.2. The van der Waals surface area contributed by atoms with Crippen LogP contribution in [0, 0.1) is 0 Å². The van der Waals surface area contributed by atoms with Crippen LogP contribution in [-0.2, 0) is 6.61 Å². The molecular formula is C12H9Cl2NO2. The Morgan fingerprint density at radius 3 is 2.71 bits per heavy atom. The van der Waals surface area contributed by atoms with Gasteiger partial charge in [0.1, 0.15) is 6.61 Å². The van der Waals surface area contributed by atoms with Gasteiger partial charge in [-0.3, -0.25) is 4.79 Å². The average molecular weight is 270 g/mol. The Morgan fingerprint density at radius 2 is 2.00 bits per heavy atom. The number of nitrogens with one attached hydrogen (secondary N) is 1. The third kappa shape index (κ3) is 3.02. The van der Waals surface area contributed by atoms with Crippen molar-refractivity contribution in [2.24, 2.45) is 0 Å². The van der Waals surface area contributed by atoms with E-state index in [0.717, 1.165) is 5.56 Å². The maximum absolute atomic E-state index is 11.3. The van der Waals surface area contributed by atoms with Crippen molar-refractivity contribution in [3.8, 4) is 5.75 Å². The molecule has 0 saturated heterocycles. The van der Waals surface area contributed by atoms with Gasteiger partial charge >= 0.3 is 0 Å². The first-order valence-electron chi connectivity index (χ1n) is 4.91. The summed E-state index contributed by atoms with van der Waals surface area (Å²) in [5.74, 6) is 0.276. The number of halogens is 2. The van der Waals surface area contributed by atoms with Crippen molar-refractivity contribution < 1.29 is 4.74 Å². The van der Waals surface area contributed by atoms with Crippen molar-refractivity contribution in [2.75, 3.05) is 0 Å². The molecule has 88 valence electrons. The second-order valence-electron chi connectivity index (χ2n) is 3.40. The molecule has 0 radical (unpaired) electrons. The van der Waals surface area contributed by atoms with Crippen LogP contribution in [0.3, 0.4) is 0 Å². The molecule has 1 N–H and O–H groups in total. The minimum atomic E-state index is -0.257. The smallest absolute Gasteiger partial charge is 0.290 e. The summed E-state index contributed by atoms with van der Waals surface area (Å²) < 4.78 is 5.37. The number of aromatic amines is 1. The Kier molecular flexibility index (Phi) is 3.71. The Morgan fingerprint density at radius 1 is 1.18 bits per heavy atom. The van der Waals surface area contributed by atoms with E-state index in [0.29, 0.717) is 10.0 Å². The molecule has 0 aliphatic rings. The molecular weight excluding hydrogens is 261 g/mol. The van der Waals surface area contributed by atoms with Crippen LogP contribution in [-0.4, -0.2) is 4.98 Å². The van der Waals surface area contributed by atoms with Gasteiger partial charge in [0, 0.05) is 6.20 Å². The van der Waals surface area contributed by atoms with Gasteiger partial charge in [-0.05, 0) is 29.8 Å². The van der Waals surface area contributed by atoms with Crippen LogP contribution in [0.5, 0.6) is 5.75 Å². The highest BCUT2D eigenvalue weighted by atomic mass is 35.5. The molecule has 0 saturated carbocycles. The molecule has 0 atom stereocenters. The molecule has 3 nitrogen and oxygen atoms in total. The van der Waals surface area contributed by atoms with Crippen molar-refractivity contribution in [3.05, 3.63) is 62.5 Å². The number of rotatable bonds is 3. The van der Waals surface area contributed by atoms with Gasteiger partial charge in [0.2, 0.25) is 0 Å². The van der Waals surface area contributed by atoms with Crippen LogP contribution >= 0.6 is 23.2 Å². The van der Waals surface area contributed by atoms with Gasteiger partial charge in [-0.2, -0.15) is 0 Å². The molecule has 0 aliphatic heterocycles. The molecule has 5 heteroatoms. The number of pyridine rings is 1. The lowest BCUT2D eigenvalue weighted by molar-refractivity contribution is 0.301. The Balaban J connectivity index is 2.10. The average Bonchev–Trinajstić information content (AvgIpc) is 2.32. The molecule has 2 rings (SSSR count). The minimum absolute atomic E-state index is 0.257. The topological polar surface area (TPSA) is 42.1 Å². The standard InChI is InChI=1S/C12H9Cl2NO2/c13-9-4-3-8(6-10(9)14)7-17-11-2-1-5-15-12(11)16/h1-6H,7H2,(H,15,16). The van der Waals surface area contributed by atoms with E-state index in [2.05, 4.69) is 4.98 Å². The van der Waals surface area contributed by atoms with Crippen LogP contribution in [0.15, 0.2) is 41.3 Å². The summed E-state index contributed by atoms with van der Waals surface area (Å²) in [6.07, 6.45) is 1.55. The number of ether oxygens (including phenoxy) is 1. The lowest BCUT2D eigenvalue weighted by Crippen LogP contribution is -2.09. The molecule has 0 fully saturated rings. The molecule has 0 aliphatic carbocycles. The summed E-state index contributed by atoms with van der Waals surface area (Å²) in [5, 5.41) is 0.961. The summed E-state index contributed by atoms with van der Waals surface area (Å²) in [6.45, 7) is 0.268. The third-order valence-electron chi connectivity index (χ3n) is 2.16. The van der Waals surface area contributed by atoms with Crippen LogP contribution in [0.25, 0.3) is 0 Å². The number of benzene rings is 1. The molecule has 0 bridgehead atoms. The zero-order valence-electron chi connectivity index (χ0n) is 8.74. The summed E-state index contributed by atoms with van der Waals surface area (Å²) in [4.78, 5) is 13.9. The predicted molar refractivity (Wildman–Crippen MR) is 67.9 cm³/mol. The van der Waals surface area contributed by atoms with Crippen molar-refractivity contribution in [2.45, 2.75) is 6.61 Å². The first-order chi connectivity index (χ1) is 8.16. The summed E-state index contributed by atoms with van der Waals surface area (Å²) in [6, 6.07) is 8.51. The van der Waals surface area contributed by atoms with Crippen molar-refractivity contribution in [3.63, 3.8) is 0 Å². The van der Waals surface area contributed by atoms with Gasteiger partial charge in [-0.1, -0.05) is 29.3 Å². The molecule has 1 aromatic heterocycles. The highest BCUT2D eigenvalue weighted by Gasteiger charge is 2.02. The summed E-state index contributed by atoms with van der Waals surface area (Å²) in [5.41, 5.74) is 0.593. The van der Waals surface area contributed by atoms with Gasteiger partial charge in [-0.15, -0.1) is 0 Å². The summed E-state index contributed by atoms with van der Waals surface area (Å²) in [7, 11) is 0. The molecule has 0 unspecified atom stereocenters. The first kappa shape index (κ1) is 12.0. The normalized spacial score (nSPS) is 10.2. The fraction of sp³-hybridized carbons (Fsp3) is 0.0833. The van der Waals surface area contributed by atoms with E-state index < -0.39 is 0 Å². The predicted octanol–water partition coefficient (Wildman–Crippen LogP) is 3.26. The number of aromatic nitrogens is 1. The van der Waals surface area contributed by atoms with Gasteiger partial charge in [-0.25, -0.2) is 0 Å². The quantitative estimate of drug-likeness (QED) is 0.930. The summed E-state index contributed by atoms with van der Waals surface area (Å²) >= 11 is 11.7. The van der Waals surface area contributed by atoms with Gasteiger partial charge < -0.3 is 9.72 Å². The lowest BCUT2D eigenvalue weighted by Gasteiger charge is -2.05. The zero-order chi connectivity index (χ0) is 12.3. The van der Waals surface area contributed by atoms with Gasteiger partial charge in [0.15, 0.2) is 5.75 Å². The highest BCUT2D eigenvalue weighted by molar-refractivity contribution is 6.42. The Labute approximate surface area is 108 Å².